The van der Waals surface area contributed by atoms with Crippen LogP contribution in [0.3, 0.4) is 0 Å². The minimum atomic E-state index is -0.718. The Morgan fingerprint density at radius 3 is 2.41 bits per heavy atom. The third-order valence-electron chi connectivity index (χ3n) is 8.32. The molecule has 3 fully saturated rings. The topological polar surface area (TPSA) is 87.6 Å². The fourth-order valence-electron chi connectivity index (χ4n) is 6.40. The molecule has 3 aromatic rings. The Morgan fingerprint density at radius 2 is 1.80 bits per heavy atom. The summed E-state index contributed by atoms with van der Waals surface area (Å²) in [5.41, 5.74) is 3.74. The van der Waals surface area contributed by atoms with Crippen LogP contribution in [-0.4, -0.2) is 51.6 Å². The second-order valence-electron chi connectivity index (χ2n) is 11.1. The standard InChI is InChI=1S/C30H32Cl2N4O3.2H2S/c31-22-10-20(11-23(32)13-22)28-7-19(17-36-5-3-18(4-6-36)9-30(37)38)8-29(35-28)39-25-1-2-27(34-16-25)26-14-24-12-21(26)15-33-24;;/h1-2,7-8,10-11,13,16,18,21,24,26,33H,3-6,9,12,14-15,17H2,(H,37,38);2*1H2/t21-,24-,26?;;/m0../s1. The van der Waals surface area contributed by atoms with Gasteiger partial charge in [-0.15, -0.1) is 0 Å². The summed E-state index contributed by atoms with van der Waals surface area (Å²) in [7, 11) is 0. The van der Waals surface area contributed by atoms with Crippen molar-refractivity contribution < 1.29 is 14.6 Å². The maximum absolute atomic E-state index is 11.1. The van der Waals surface area contributed by atoms with E-state index >= 15 is 0 Å². The Bertz CT molecular complexity index is 1340. The smallest absolute Gasteiger partial charge is 0.303 e. The average molecular weight is 636 g/mol. The molecule has 2 saturated heterocycles. The largest absolute Gasteiger partial charge is 0.481 e. The van der Waals surface area contributed by atoms with E-state index in [0.717, 1.165) is 68.0 Å². The Kier molecular flexibility index (Phi) is 10.9. The molecule has 220 valence electrons. The molecular weight excluding hydrogens is 599 g/mol. The summed E-state index contributed by atoms with van der Waals surface area (Å²) in [4.78, 5) is 23.0. The lowest BCUT2D eigenvalue weighted by Crippen LogP contribution is -2.33. The van der Waals surface area contributed by atoms with Crippen LogP contribution in [0.5, 0.6) is 11.6 Å². The molecule has 1 aromatic carbocycles. The number of halogens is 2. The van der Waals surface area contributed by atoms with Crippen LogP contribution in [0.25, 0.3) is 11.3 Å². The van der Waals surface area contributed by atoms with Crippen molar-refractivity contribution in [2.75, 3.05) is 19.6 Å². The van der Waals surface area contributed by atoms with E-state index in [2.05, 4.69) is 16.3 Å². The van der Waals surface area contributed by atoms with Gasteiger partial charge >= 0.3 is 5.97 Å². The van der Waals surface area contributed by atoms with Crippen LogP contribution in [-0.2, 0) is 11.3 Å². The van der Waals surface area contributed by atoms with Crippen molar-refractivity contribution in [3.63, 3.8) is 0 Å². The molecule has 1 saturated carbocycles. The highest BCUT2D eigenvalue weighted by molar-refractivity contribution is 7.59. The number of pyridine rings is 2. The van der Waals surface area contributed by atoms with Crippen LogP contribution in [0.1, 0.15) is 49.3 Å². The number of likely N-dealkylation sites (tertiary alicyclic amines) is 1. The second kappa shape index (κ2) is 14.0. The molecule has 2 bridgehead atoms. The molecule has 2 aliphatic heterocycles. The van der Waals surface area contributed by atoms with Gasteiger partial charge in [-0.2, -0.15) is 27.0 Å². The van der Waals surface area contributed by atoms with Gasteiger partial charge in [0.05, 0.1) is 11.9 Å². The van der Waals surface area contributed by atoms with Gasteiger partial charge in [0.15, 0.2) is 0 Å². The first-order valence-corrected chi connectivity index (χ1v) is 14.4. The van der Waals surface area contributed by atoms with Crippen molar-refractivity contribution in [3.8, 4) is 22.9 Å². The third-order valence-corrected chi connectivity index (χ3v) is 8.76. The number of nitrogens with zero attached hydrogens (tertiary/aromatic N) is 3. The van der Waals surface area contributed by atoms with E-state index in [1.54, 1.807) is 12.3 Å². The number of rotatable bonds is 8. The predicted molar refractivity (Wildman–Crippen MR) is 172 cm³/mol. The fraction of sp³-hybridized carbons (Fsp3) is 0.433. The van der Waals surface area contributed by atoms with Gasteiger partial charge < -0.3 is 15.2 Å². The molecule has 3 atom stereocenters. The van der Waals surface area contributed by atoms with Crippen LogP contribution < -0.4 is 10.1 Å². The lowest BCUT2D eigenvalue weighted by molar-refractivity contribution is -0.138. The number of aliphatic carboxylic acids is 1. The summed E-state index contributed by atoms with van der Waals surface area (Å²) in [6.07, 6.45) is 6.20. The van der Waals surface area contributed by atoms with Crippen LogP contribution in [0.2, 0.25) is 10.0 Å². The highest BCUT2D eigenvalue weighted by Crippen LogP contribution is 2.42. The van der Waals surface area contributed by atoms with E-state index < -0.39 is 5.97 Å². The van der Waals surface area contributed by atoms with Gasteiger partial charge in [-0.05, 0) is 99.1 Å². The second-order valence-corrected chi connectivity index (χ2v) is 12.0. The zero-order chi connectivity index (χ0) is 26.9. The average Bonchev–Trinajstić information content (AvgIpc) is 3.54. The first-order valence-electron chi connectivity index (χ1n) is 13.7. The summed E-state index contributed by atoms with van der Waals surface area (Å²) in [5.74, 6) is 1.85. The normalized spacial score (nSPS) is 22.1. The minimum absolute atomic E-state index is 0. The van der Waals surface area contributed by atoms with Crippen LogP contribution in [0, 0.1) is 11.8 Å². The number of carboxylic acids is 1. The van der Waals surface area contributed by atoms with Gasteiger partial charge in [-0.25, -0.2) is 4.98 Å². The SMILES string of the molecule is O=C(O)CC1CCN(Cc2cc(Oc3ccc(C4C[C@@H]5C[C@H]4CN5)nc3)nc(-c3cc(Cl)cc(Cl)c3)c2)CC1.S.S. The van der Waals surface area contributed by atoms with Crippen molar-refractivity contribution >= 4 is 56.2 Å². The predicted octanol–water partition coefficient (Wildman–Crippen LogP) is 6.62. The Hall–Kier alpha value is -2.01. The zero-order valence-corrected chi connectivity index (χ0v) is 26.2. The van der Waals surface area contributed by atoms with Crippen molar-refractivity contribution in [2.45, 2.75) is 50.6 Å². The van der Waals surface area contributed by atoms with Gasteiger partial charge in [-0.1, -0.05) is 23.2 Å². The number of hydrogen-bond donors (Lipinski definition) is 2. The maximum atomic E-state index is 11.1. The first kappa shape index (κ1) is 31.9. The first-order chi connectivity index (χ1) is 18.9. The molecule has 0 amide bonds. The Balaban J connectivity index is 0.00000194. The highest BCUT2D eigenvalue weighted by atomic mass is 35.5. The summed E-state index contributed by atoms with van der Waals surface area (Å²) in [6, 6.07) is 14.1. The maximum Gasteiger partial charge on any atom is 0.303 e. The number of piperidine rings is 2. The number of carboxylic acid groups (broad SMARTS) is 1. The molecule has 0 radical (unpaired) electrons. The summed E-state index contributed by atoms with van der Waals surface area (Å²) >= 11 is 12.6. The van der Waals surface area contributed by atoms with Crippen molar-refractivity contribution in [1.29, 1.82) is 0 Å². The molecule has 7 nitrogen and oxygen atoms in total. The van der Waals surface area contributed by atoms with Gasteiger partial charge in [0.2, 0.25) is 5.88 Å². The Morgan fingerprint density at radius 1 is 1.05 bits per heavy atom. The number of nitrogens with one attached hydrogen (secondary N) is 1. The van der Waals surface area contributed by atoms with Gasteiger partial charge in [0.1, 0.15) is 5.75 Å². The molecule has 2 N–H and O–H groups in total. The highest BCUT2D eigenvalue weighted by Gasteiger charge is 2.40. The number of carbonyl (C=O) groups is 1. The van der Waals surface area contributed by atoms with Gasteiger partial charge in [-0.3, -0.25) is 14.7 Å². The molecule has 1 aliphatic carbocycles. The molecule has 11 heteroatoms. The van der Waals surface area contributed by atoms with E-state index in [4.69, 9.17) is 43.0 Å². The van der Waals surface area contributed by atoms with E-state index in [1.807, 2.05) is 30.3 Å². The third kappa shape index (κ3) is 7.89. The van der Waals surface area contributed by atoms with E-state index in [1.165, 1.54) is 6.42 Å². The van der Waals surface area contributed by atoms with Gasteiger partial charge in [0, 0.05) is 52.3 Å². The molecule has 3 aliphatic rings. The number of aromatic nitrogens is 2. The van der Waals surface area contributed by atoms with Gasteiger partial charge in [0.25, 0.3) is 0 Å². The van der Waals surface area contributed by atoms with E-state index in [-0.39, 0.29) is 39.3 Å². The fourth-order valence-corrected chi connectivity index (χ4v) is 6.92. The lowest BCUT2D eigenvalue weighted by atomic mass is 9.91. The van der Waals surface area contributed by atoms with Crippen LogP contribution in [0.4, 0.5) is 0 Å². The minimum Gasteiger partial charge on any atom is -0.481 e. The molecule has 6 rings (SSSR count). The van der Waals surface area contributed by atoms with Crippen molar-refractivity contribution in [1.82, 2.24) is 20.2 Å². The van der Waals surface area contributed by atoms with E-state index in [0.29, 0.717) is 39.6 Å². The van der Waals surface area contributed by atoms with Crippen LogP contribution >= 0.6 is 50.2 Å². The van der Waals surface area contributed by atoms with E-state index in [9.17, 15) is 4.79 Å². The molecule has 1 unspecified atom stereocenters. The number of benzene rings is 1. The van der Waals surface area contributed by atoms with Crippen LogP contribution in [0.15, 0.2) is 48.7 Å². The molecule has 2 aromatic heterocycles. The molecule has 41 heavy (non-hydrogen) atoms. The summed E-state index contributed by atoms with van der Waals surface area (Å²) < 4.78 is 6.24. The lowest BCUT2D eigenvalue weighted by Gasteiger charge is -2.31. The quantitative estimate of drug-likeness (QED) is 0.288. The number of fused-ring (bicyclic) bond motifs is 2. The summed E-state index contributed by atoms with van der Waals surface area (Å²) in [5, 5.41) is 13.8. The monoisotopic (exact) mass is 634 g/mol. The number of hydrogen-bond acceptors (Lipinski definition) is 6. The molecular formula is C30H36Cl2N4O3S2. The molecule has 4 heterocycles. The zero-order valence-electron chi connectivity index (χ0n) is 22.7. The summed E-state index contributed by atoms with van der Waals surface area (Å²) in [6.45, 7) is 3.52. The number of ether oxygens (including phenoxy) is 1. The van der Waals surface area contributed by atoms with Crippen molar-refractivity contribution in [3.05, 3.63) is 70.0 Å². The van der Waals surface area contributed by atoms with Crippen molar-refractivity contribution in [2.24, 2.45) is 11.8 Å². The molecule has 0 spiro atoms. The Labute approximate surface area is 264 Å².